The standard InChI is InChI=1S/C13H11ClO2/c14-6-3-7-16-13-9-11-5-2-1-4-10(11)8-12(13)15/h1-6,8-9,15H,7H2/b6-3+. The van der Waals surface area contributed by atoms with Crippen LogP contribution in [0.2, 0.25) is 0 Å². The minimum Gasteiger partial charge on any atom is -0.504 e. The number of halogens is 1. The number of ether oxygens (including phenoxy) is 1. The first-order chi connectivity index (χ1) is 7.81. The predicted octanol–water partition coefficient (Wildman–Crippen LogP) is 3.68. The van der Waals surface area contributed by atoms with Crippen LogP contribution < -0.4 is 4.74 Å². The van der Waals surface area contributed by atoms with Crippen LogP contribution in [0.5, 0.6) is 11.5 Å². The zero-order valence-corrected chi connectivity index (χ0v) is 9.32. The third kappa shape index (κ3) is 2.28. The van der Waals surface area contributed by atoms with Crippen molar-refractivity contribution in [2.75, 3.05) is 6.61 Å². The smallest absolute Gasteiger partial charge is 0.162 e. The highest BCUT2D eigenvalue weighted by Crippen LogP contribution is 2.31. The largest absolute Gasteiger partial charge is 0.504 e. The molecule has 0 atom stereocenters. The SMILES string of the molecule is Oc1cc2ccccc2cc1OC/C=C/Cl. The van der Waals surface area contributed by atoms with Crippen LogP contribution in [-0.2, 0) is 0 Å². The van der Waals surface area contributed by atoms with Crippen LogP contribution in [0.3, 0.4) is 0 Å². The Bertz CT molecular complexity index is 520. The number of phenols is 1. The minimum atomic E-state index is 0.140. The Morgan fingerprint density at radius 1 is 1.19 bits per heavy atom. The van der Waals surface area contributed by atoms with Gasteiger partial charge in [0, 0.05) is 5.54 Å². The van der Waals surface area contributed by atoms with Gasteiger partial charge >= 0.3 is 0 Å². The summed E-state index contributed by atoms with van der Waals surface area (Å²) in [5.41, 5.74) is 1.39. The Labute approximate surface area is 98.7 Å². The van der Waals surface area contributed by atoms with Crippen LogP contribution in [0, 0.1) is 0 Å². The molecule has 0 unspecified atom stereocenters. The summed E-state index contributed by atoms with van der Waals surface area (Å²) in [5.74, 6) is 0.607. The quantitative estimate of drug-likeness (QED) is 0.878. The second-order valence-corrected chi connectivity index (χ2v) is 3.59. The van der Waals surface area contributed by atoms with Gasteiger partial charge in [-0.3, -0.25) is 0 Å². The lowest BCUT2D eigenvalue weighted by Crippen LogP contribution is -1.93. The summed E-state index contributed by atoms with van der Waals surface area (Å²) in [6, 6.07) is 11.3. The number of fused-ring (bicyclic) bond motifs is 1. The summed E-state index contributed by atoms with van der Waals surface area (Å²) >= 11 is 5.38. The molecule has 0 amide bonds. The van der Waals surface area contributed by atoms with E-state index in [-0.39, 0.29) is 5.75 Å². The molecule has 2 nitrogen and oxygen atoms in total. The molecule has 2 aromatic rings. The fourth-order valence-corrected chi connectivity index (χ4v) is 1.57. The van der Waals surface area contributed by atoms with Gasteiger partial charge in [-0.25, -0.2) is 0 Å². The topological polar surface area (TPSA) is 29.5 Å². The molecule has 0 bridgehead atoms. The van der Waals surface area contributed by atoms with Crippen LogP contribution >= 0.6 is 11.6 Å². The third-order valence-electron chi connectivity index (χ3n) is 2.25. The van der Waals surface area contributed by atoms with E-state index in [9.17, 15) is 5.11 Å². The zero-order chi connectivity index (χ0) is 11.4. The van der Waals surface area contributed by atoms with Gasteiger partial charge in [0.05, 0.1) is 0 Å². The molecule has 0 aromatic heterocycles. The molecular weight excluding hydrogens is 224 g/mol. The van der Waals surface area contributed by atoms with Crippen molar-refractivity contribution in [3.63, 3.8) is 0 Å². The number of phenolic OH excluding ortho intramolecular Hbond substituents is 1. The zero-order valence-electron chi connectivity index (χ0n) is 8.56. The van der Waals surface area contributed by atoms with Crippen LogP contribution in [0.25, 0.3) is 10.8 Å². The van der Waals surface area contributed by atoms with E-state index in [2.05, 4.69) is 0 Å². The summed E-state index contributed by atoms with van der Waals surface area (Å²) in [7, 11) is 0. The van der Waals surface area contributed by atoms with Crippen molar-refractivity contribution in [1.82, 2.24) is 0 Å². The normalized spacial score (nSPS) is 11.1. The van der Waals surface area contributed by atoms with Gasteiger partial charge in [0.25, 0.3) is 0 Å². The van der Waals surface area contributed by atoms with Crippen molar-refractivity contribution >= 4 is 22.4 Å². The van der Waals surface area contributed by atoms with E-state index >= 15 is 0 Å². The molecule has 0 spiro atoms. The van der Waals surface area contributed by atoms with Crippen molar-refractivity contribution in [2.24, 2.45) is 0 Å². The molecule has 0 saturated carbocycles. The predicted molar refractivity (Wildman–Crippen MR) is 66.1 cm³/mol. The first-order valence-electron chi connectivity index (χ1n) is 4.91. The number of hydrogen-bond acceptors (Lipinski definition) is 2. The lowest BCUT2D eigenvalue weighted by molar-refractivity contribution is 0.337. The highest BCUT2D eigenvalue weighted by Gasteiger charge is 2.03. The van der Waals surface area contributed by atoms with Gasteiger partial charge in [-0.1, -0.05) is 35.9 Å². The lowest BCUT2D eigenvalue weighted by Gasteiger charge is -2.07. The fourth-order valence-electron chi connectivity index (χ4n) is 1.50. The van der Waals surface area contributed by atoms with E-state index in [1.807, 2.05) is 30.3 Å². The molecule has 16 heavy (non-hydrogen) atoms. The first kappa shape index (κ1) is 10.8. The summed E-state index contributed by atoms with van der Waals surface area (Å²) < 4.78 is 5.36. The molecule has 0 aliphatic carbocycles. The summed E-state index contributed by atoms with van der Waals surface area (Å²) in [5, 5.41) is 11.7. The highest BCUT2D eigenvalue weighted by molar-refractivity contribution is 6.25. The van der Waals surface area contributed by atoms with Gasteiger partial charge in [0.15, 0.2) is 11.5 Å². The van der Waals surface area contributed by atoms with Crippen LogP contribution in [0.1, 0.15) is 0 Å². The lowest BCUT2D eigenvalue weighted by atomic mass is 10.1. The number of hydrogen-bond donors (Lipinski definition) is 1. The van der Waals surface area contributed by atoms with Crippen LogP contribution in [0.15, 0.2) is 48.0 Å². The molecule has 0 aliphatic heterocycles. The Morgan fingerprint density at radius 3 is 2.56 bits per heavy atom. The maximum Gasteiger partial charge on any atom is 0.162 e. The molecule has 0 saturated heterocycles. The highest BCUT2D eigenvalue weighted by atomic mass is 35.5. The van der Waals surface area contributed by atoms with E-state index in [0.29, 0.717) is 12.4 Å². The molecule has 1 N–H and O–H groups in total. The maximum absolute atomic E-state index is 9.73. The van der Waals surface area contributed by atoms with Crippen molar-refractivity contribution in [3.05, 3.63) is 48.0 Å². The third-order valence-corrected chi connectivity index (χ3v) is 2.43. The monoisotopic (exact) mass is 234 g/mol. The van der Waals surface area contributed by atoms with Gasteiger partial charge in [-0.15, -0.1) is 0 Å². The Morgan fingerprint density at radius 2 is 1.88 bits per heavy atom. The molecule has 0 heterocycles. The van der Waals surface area contributed by atoms with Crippen LogP contribution in [0.4, 0.5) is 0 Å². The molecule has 2 aromatic carbocycles. The van der Waals surface area contributed by atoms with Gasteiger partial charge < -0.3 is 9.84 Å². The minimum absolute atomic E-state index is 0.140. The number of benzene rings is 2. The van der Waals surface area contributed by atoms with Gasteiger partial charge in [0.1, 0.15) is 6.61 Å². The number of rotatable bonds is 3. The fraction of sp³-hybridized carbons (Fsp3) is 0.0769. The van der Waals surface area contributed by atoms with Gasteiger partial charge in [-0.05, 0) is 29.0 Å². The summed E-state index contributed by atoms with van der Waals surface area (Å²) in [4.78, 5) is 0. The molecule has 82 valence electrons. The Kier molecular flexibility index (Phi) is 3.32. The van der Waals surface area contributed by atoms with Crippen molar-refractivity contribution in [3.8, 4) is 11.5 Å². The Balaban J connectivity index is 2.34. The number of aromatic hydroxyl groups is 1. The van der Waals surface area contributed by atoms with Crippen molar-refractivity contribution < 1.29 is 9.84 Å². The molecule has 2 rings (SSSR count). The Hall–Kier alpha value is -1.67. The van der Waals surface area contributed by atoms with E-state index in [0.717, 1.165) is 10.8 Å². The van der Waals surface area contributed by atoms with Crippen molar-refractivity contribution in [1.29, 1.82) is 0 Å². The molecule has 0 fully saturated rings. The molecule has 0 aliphatic rings. The van der Waals surface area contributed by atoms with Gasteiger partial charge in [-0.2, -0.15) is 0 Å². The average molecular weight is 235 g/mol. The van der Waals surface area contributed by atoms with Crippen molar-refractivity contribution in [2.45, 2.75) is 0 Å². The first-order valence-corrected chi connectivity index (χ1v) is 5.34. The molecule has 3 heteroatoms. The second kappa shape index (κ2) is 4.90. The molecule has 0 radical (unpaired) electrons. The molecular formula is C13H11ClO2. The van der Waals surface area contributed by atoms with E-state index in [4.69, 9.17) is 16.3 Å². The van der Waals surface area contributed by atoms with Gasteiger partial charge in [0.2, 0.25) is 0 Å². The van der Waals surface area contributed by atoms with E-state index in [1.165, 1.54) is 5.54 Å². The van der Waals surface area contributed by atoms with E-state index in [1.54, 1.807) is 12.1 Å². The summed E-state index contributed by atoms with van der Waals surface area (Å²) in [6.45, 7) is 0.343. The second-order valence-electron chi connectivity index (χ2n) is 3.34. The summed E-state index contributed by atoms with van der Waals surface area (Å²) in [6.07, 6.45) is 1.66. The van der Waals surface area contributed by atoms with Crippen LogP contribution in [-0.4, -0.2) is 11.7 Å². The van der Waals surface area contributed by atoms with E-state index < -0.39 is 0 Å². The average Bonchev–Trinajstić information content (AvgIpc) is 2.30. The maximum atomic E-state index is 9.73.